The van der Waals surface area contributed by atoms with Crippen molar-refractivity contribution in [1.29, 1.82) is 0 Å². The zero-order chi connectivity index (χ0) is 14.7. The molecule has 0 aliphatic rings. The lowest BCUT2D eigenvalue weighted by atomic mass is 10.1. The molecule has 0 amide bonds. The van der Waals surface area contributed by atoms with Crippen molar-refractivity contribution >= 4 is 0 Å². The molecule has 0 unspecified atom stereocenters. The zero-order valence-electron chi connectivity index (χ0n) is 11.1. The molecule has 0 radical (unpaired) electrons. The third-order valence-electron chi connectivity index (χ3n) is 3.01. The third-order valence-corrected chi connectivity index (χ3v) is 3.01. The average molecular weight is 282 g/mol. The Hall–Kier alpha value is -2.68. The molecule has 3 aromatic carbocycles. The number of para-hydroxylation sites is 1. The van der Waals surface area contributed by atoms with Gasteiger partial charge in [-0.2, -0.15) is 0 Å². The Balaban J connectivity index is 1.93. The van der Waals surface area contributed by atoms with E-state index in [1.807, 2.05) is 30.3 Å². The lowest BCUT2D eigenvalue weighted by Crippen LogP contribution is -1.87. The van der Waals surface area contributed by atoms with Crippen LogP contribution in [0.15, 0.2) is 72.8 Å². The molecular weight excluding hydrogens is 270 g/mol. The summed E-state index contributed by atoms with van der Waals surface area (Å²) in [6.07, 6.45) is 0. The van der Waals surface area contributed by atoms with Crippen molar-refractivity contribution in [2.24, 2.45) is 0 Å². The van der Waals surface area contributed by atoms with Crippen molar-refractivity contribution in [2.45, 2.75) is 0 Å². The molecule has 0 saturated carbocycles. The smallest absolute Gasteiger partial charge is 0.128 e. The molecule has 0 aliphatic carbocycles. The van der Waals surface area contributed by atoms with Crippen LogP contribution in [0.3, 0.4) is 0 Å². The summed E-state index contributed by atoms with van der Waals surface area (Å²) in [7, 11) is 0. The molecule has 0 heterocycles. The maximum absolute atomic E-state index is 13.3. The van der Waals surface area contributed by atoms with Gasteiger partial charge in [0.15, 0.2) is 0 Å². The SMILES string of the molecule is Fc1cc(F)cc(-c2cccc(Oc3ccccc3)c2)c1. The van der Waals surface area contributed by atoms with Crippen LogP contribution in [0.25, 0.3) is 11.1 Å². The summed E-state index contributed by atoms with van der Waals surface area (Å²) in [6, 6.07) is 19.9. The summed E-state index contributed by atoms with van der Waals surface area (Å²) in [4.78, 5) is 0. The second kappa shape index (κ2) is 5.75. The van der Waals surface area contributed by atoms with E-state index in [0.29, 0.717) is 22.6 Å². The van der Waals surface area contributed by atoms with Crippen LogP contribution >= 0.6 is 0 Å². The van der Waals surface area contributed by atoms with E-state index in [9.17, 15) is 8.78 Å². The van der Waals surface area contributed by atoms with Crippen LogP contribution in [-0.4, -0.2) is 0 Å². The first-order valence-corrected chi connectivity index (χ1v) is 6.50. The van der Waals surface area contributed by atoms with Crippen molar-refractivity contribution in [3.05, 3.63) is 84.4 Å². The van der Waals surface area contributed by atoms with E-state index in [2.05, 4.69) is 0 Å². The van der Waals surface area contributed by atoms with Crippen molar-refractivity contribution in [1.82, 2.24) is 0 Å². The summed E-state index contributed by atoms with van der Waals surface area (Å²) in [5.41, 5.74) is 1.17. The third kappa shape index (κ3) is 3.26. The molecule has 3 heteroatoms. The maximum atomic E-state index is 13.3. The van der Waals surface area contributed by atoms with E-state index in [1.165, 1.54) is 12.1 Å². The molecule has 3 rings (SSSR count). The fraction of sp³-hybridized carbons (Fsp3) is 0. The summed E-state index contributed by atoms with van der Waals surface area (Å²) >= 11 is 0. The number of ether oxygens (including phenoxy) is 1. The van der Waals surface area contributed by atoms with Gasteiger partial charge in [0.05, 0.1) is 0 Å². The van der Waals surface area contributed by atoms with E-state index in [4.69, 9.17) is 4.74 Å². The number of benzene rings is 3. The van der Waals surface area contributed by atoms with Crippen molar-refractivity contribution < 1.29 is 13.5 Å². The van der Waals surface area contributed by atoms with E-state index < -0.39 is 11.6 Å². The zero-order valence-corrected chi connectivity index (χ0v) is 11.1. The van der Waals surface area contributed by atoms with Gasteiger partial charge in [-0.05, 0) is 47.5 Å². The Morgan fingerprint density at radius 3 is 1.95 bits per heavy atom. The molecule has 0 fully saturated rings. The number of hydrogen-bond acceptors (Lipinski definition) is 1. The Morgan fingerprint density at radius 2 is 1.24 bits per heavy atom. The molecule has 104 valence electrons. The Kier molecular flexibility index (Phi) is 3.65. The highest BCUT2D eigenvalue weighted by Gasteiger charge is 2.05. The van der Waals surface area contributed by atoms with Crippen LogP contribution in [-0.2, 0) is 0 Å². The predicted molar refractivity (Wildman–Crippen MR) is 78.3 cm³/mol. The first-order chi connectivity index (χ1) is 10.2. The molecule has 0 N–H and O–H groups in total. The van der Waals surface area contributed by atoms with E-state index in [0.717, 1.165) is 6.07 Å². The van der Waals surface area contributed by atoms with E-state index >= 15 is 0 Å². The maximum Gasteiger partial charge on any atom is 0.128 e. The fourth-order valence-electron chi connectivity index (χ4n) is 2.08. The van der Waals surface area contributed by atoms with Gasteiger partial charge >= 0.3 is 0 Å². The van der Waals surface area contributed by atoms with Gasteiger partial charge in [-0.25, -0.2) is 8.78 Å². The topological polar surface area (TPSA) is 9.23 Å². The first kappa shape index (κ1) is 13.3. The lowest BCUT2D eigenvalue weighted by Gasteiger charge is -2.08. The van der Waals surface area contributed by atoms with Gasteiger partial charge in [-0.1, -0.05) is 30.3 Å². The molecular formula is C18H12F2O. The minimum absolute atomic E-state index is 0.478. The van der Waals surface area contributed by atoms with Gasteiger partial charge < -0.3 is 4.74 Å². The Bertz CT molecular complexity index is 734. The van der Waals surface area contributed by atoms with Crippen molar-refractivity contribution in [2.75, 3.05) is 0 Å². The predicted octanol–water partition coefficient (Wildman–Crippen LogP) is 5.42. The molecule has 0 aliphatic heterocycles. The number of rotatable bonds is 3. The molecule has 21 heavy (non-hydrogen) atoms. The molecule has 0 spiro atoms. The van der Waals surface area contributed by atoms with Crippen LogP contribution < -0.4 is 4.74 Å². The minimum atomic E-state index is -0.598. The average Bonchev–Trinajstić information content (AvgIpc) is 2.47. The van der Waals surface area contributed by atoms with Gasteiger partial charge in [-0.15, -0.1) is 0 Å². The summed E-state index contributed by atoms with van der Waals surface area (Å²) in [5.74, 6) is 0.127. The van der Waals surface area contributed by atoms with Crippen LogP contribution in [0.1, 0.15) is 0 Å². The minimum Gasteiger partial charge on any atom is -0.457 e. The van der Waals surface area contributed by atoms with Gasteiger partial charge in [0.25, 0.3) is 0 Å². The highest BCUT2D eigenvalue weighted by molar-refractivity contribution is 5.65. The van der Waals surface area contributed by atoms with Crippen LogP contribution in [0.5, 0.6) is 11.5 Å². The second-order valence-electron chi connectivity index (χ2n) is 4.60. The van der Waals surface area contributed by atoms with Gasteiger partial charge in [-0.3, -0.25) is 0 Å². The quantitative estimate of drug-likeness (QED) is 0.623. The molecule has 0 atom stereocenters. The van der Waals surface area contributed by atoms with Gasteiger partial charge in [0.2, 0.25) is 0 Å². The molecule has 1 nitrogen and oxygen atoms in total. The molecule has 3 aromatic rings. The van der Waals surface area contributed by atoms with E-state index in [1.54, 1.807) is 24.3 Å². The van der Waals surface area contributed by atoms with Crippen LogP contribution in [0, 0.1) is 11.6 Å². The molecule has 0 bridgehead atoms. The molecule has 0 aromatic heterocycles. The second-order valence-corrected chi connectivity index (χ2v) is 4.60. The fourth-order valence-corrected chi connectivity index (χ4v) is 2.08. The largest absolute Gasteiger partial charge is 0.457 e. The van der Waals surface area contributed by atoms with Gasteiger partial charge in [0.1, 0.15) is 23.1 Å². The standard InChI is InChI=1S/C18H12F2O/c19-15-9-14(10-16(20)12-15)13-5-4-8-18(11-13)21-17-6-2-1-3-7-17/h1-12H. The van der Waals surface area contributed by atoms with Crippen molar-refractivity contribution in [3.8, 4) is 22.6 Å². The first-order valence-electron chi connectivity index (χ1n) is 6.50. The highest BCUT2D eigenvalue weighted by Crippen LogP contribution is 2.28. The van der Waals surface area contributed by atoms with Crippen LogP contribution in [0.4, 0.5) is 8.78 Å². The molecule has 0 saturated heterocycles. The summed E-state index contributed by atoms with van der Waals surface area (Å²) in [6.45, 7) is 0. The Morgan fingerprint density at radius 1 is 0.571 bits per heavy atom. The van der Waals surface area contributed by atoms with Crippen molar-refractivity contribution in [3.63, 3.8) is 0 Å². The highest BCUT2D eigenvalue weighted by atomic mass is 19.1. The summed E-state index contributed by atoms with van der Waals surface area (Å²) < 4.78 is 32.3. The Labute approximate surface area is 121 Å². The number of hydrogen-bond donors (Lipinski definition) is 0. The summed E-state index contributed by atoms with van der Waals surface area (Å²) in [5, 5.41) is 0. The lowest BCUT2D eigenvalue weighted by molar-refractivity contribution is 0.483. The van der Waals surface area contributed by atoms with Gasteiger partial charge in [0, 0.05) is 6.07 Å². The number of halogens is 2. The normalized spacial score (nSPS) is 10.4. The van der Waals surface area contributed by atoms with Crippen LogP contribution in [0.2, 0.25) is 0 Å². The van der Waals surface area contributed by atoms with E-state index in [-0.39, 0.29) is 0 Å². The monoisotopic (exact) mass is 282 g/mol.